The van der Waals surface area contributed by atoms with Gasteiger partial charge in [0.1, 0.15) is 5.75 Å². The predicted molar refractivity (Wildman–Crippen MR) is 76.8 cm³/mol. The molecular formula is C15H20N2O3. The Bertz CT molecular complexity index is 508. The molecule has 0 saturated carbocycles. The molecule has 1 aliphatic heterocycles. The third kappa shape index (κ3) is 3.29. The Balaban J connectivity index is 1.96. The molecule has 20 heavy (non-hydrogen) atoms. The number of carbonyl (C=O) groups excluding carboxylic acids is 2. The van der Waals surface area contributed by atoms with Gasteiger partial charge in [-0.1, -0.05) is 6.92 Å². The van der Waals surface area contributed by atoms with Crippen LogP contribution in [0.1, 0.15) is 36.5 Å². The van der Waals surface area contributed by atoms with Crippen LogP contribution in [0.4, 0.5) is 5.69 Å². The maximum Gasteiger partial charge on any atom is 0.260 e. The van der Waals surface area contributed by atoms with Crippen molar-refractivity contribution >= 4 is 17.4 Å². The maximum absolute atomic E-state index is 11.9. The van der Waals surface area contributed by atoms with Crippen molar-refractivity contribution in [3.05, 3.63) is 23.8 Å². The minimum atomic E-state index is -0.0180. The van der Waals surface area contributed by atoms with E-state index in [9.17, 15) is 9.59 Å². The number of ketones is 1. The van der Waals surface area contributed by atoms with Crippen molar-refractivity contribution in [3.8, 4) is 5.75 Å². The normalized spacial score (nSPS) is 14.3. The minimum Gasteiger partial charge on any atom is -0.482 e. The molecule has 2 N–H and O–H groups in total. The molecular weight excluding hydrogens is 256 g/mol. The van der Waals surface area contributed by atoms with Crippen LogP contribution in [0.3, 0.4) is 0 Å². The Morgan fingerprint density at radius 3 is 2.60 bits per heavy atom. The van der Waals surface area contributed by atoms with E-state index in [4.69, 9.17) is 10.5 Å². The van der Waals surface area contributed by atoms with Gasteiger partial charge >= 0.3 is 0 Å². The standard InChI is InChI=1S/C15H20N2O3/c1-2-13(18)11-5-6-14(12(16)9-11)20-10-15(19)17-7-3-4-8-17/h5-6,9H,2-4,7-8,10,16H2,1H3. The summed E-state index contributed by atoms with van der Waals surface area (Å²) in [4.78, 5) is 25.2. The summed E-state index contributed by atoms with van der Waals surface area (Å²) in [6.45, 7) is 3.41. The lowest BCUT2D eigenvalue weighted by atomic mass is 10.1. The summed E-state index contributed by atoms with van der Waals surface area (Å²) in [5.74, 6) is 0.470. The SMILES string of the molecule is CCC(=O)c1ccc(OCC(=O)N2CCCC2)c(N)c1. The molecule has 1 aliphatic rings. The van der Waals surface area contributed by atoms with Gasteiger partial charge in [0.2, 0.25) is 0 Å². The average molecular weight is 276 g/mol. The molecule has 0 aliphatic carbocycles. The fourth-order valence-corrected chi connectivity index (χ4v) is 2.25. The molecule has 2 rings (SSSR count). The molecule has 108 valence electrons. The monoisotopic (exact) mass is 276 g/mol. The van der Waals surface area contributed by atoms with Crippen LogP contribution in [0.5, 0.6) is 5.75 Å². The highest BCUT2D eigenvalue weighted by Gasteiger charge is 2.18. The van der Waals surface area contributed by atoms with E-state index in [1.807, 2.05) is 0 Å². The van der Waals surface area contributed by atoms with E-state index in [1.165, 1.54) is 0 Å². The minimum absolute atomic E-state index is 0.00866. The van der Waals surface area contributed by atoms with Crippen LogP contribution in [-0.2, 0) is 4.79 Å². The van der Waals surface area contributed by atoms with Gasteiger partial charge in [-0.3, -0.25) is 9.59 Å². The zero-order chi connectivity index (χ0) is 14.5. The Morgan fingerprint density at radius 1 is 1.30 bits per heavy atom. The van der Waals surface area contributed by atoms with Crippen LogP contribution in [0, 0.1) is 0 Å². The zero-order valence-electron chi connectivity index (χ0n) is 11.7. The molecule has 1 fully saturated rings. The van der Waals surface area contributed by atoms with Gasteiger partial charge in [-0.15, -0.1) is 0 Å². The Hall–Kier alpha value is -2.04. The third-order valence-corrected chi connectivity index (χ3v) is 3.46. The van der Waals surface area contributed by atoms with Gasteiger partial charge in [-0.2, -0.15) is 0 Å². The molecule has 1 saturated heterocycles. The van der Waals surface area contributed by atoms with Crippen LogP contribution >= 0.6 is 0 Å². The van der Waals surface area contributed by atoms with Crippen molar-refractivity contribution in [2.24, 2.45) is 0 Å². The summed E-state index contributed by atoms with van der Waals surface area (Å²) in [6.07, 6.45) is 2.55. The van der Waals surface area contributed by atoms with Crippen LogP contribution in [0.25, 0.3) is 0 Å². The van der Waals surface area contributed by atoms with Gasteiger partial charge in [0.05, 0.1) is 5.69 Å². The number of hydrogen-bond donors (Lipinski definition) is 1. The molecule has 0 radical (unpaired) electrons. The molecule has 1 amide bonds. The van der Waals surface area contributed by atoms with Crippen molar-refractivity contribution in [1.82, 2.24) is 4.90 Å². The number of nitrogens with zero attached hydrogens (tertiary/aromatic N) is 1. The first-order valence-electron chi connectivity index (χ1n) is 6.95. The first kappa shape index (κ1) is 14.4. The van der Waals surface area contributed by atoms with E-state index in [0.29, 0.717) is 23.4 Å². The third-order valence-electron chi connectivity index (χ3n) is 3.46. The molecule has 5 heteroatoms. The van der Waals surface area contributed by atoms with Crippen LogP contribution in [-0.4, -0.2) is 36.3 Å². The summed E-state index contributed by atoms with van der Waals surface area (Å²) in [7, 11) is 0. The Labute approximate surface area is 118 Å². The van der Waals surface area contributed by atoms with Gasteiger partial charge in [0, 0.05) is 25.1 Å². The van der Waals surface area contributed by atoms with Crippen LogP contribution < -0.4 is 10.5 Å². The number of Topliss-reactive ketones (excluding diaryl/α,β-unsaturated/α-hetero) is 1. The average Bonchev–Trinajstić information content (AvgIpc) is 2.99. The number of carbonyl (C=O) groups is 2. The van der Waals surface area contributed by atoms with E-state index in [-0.39, 0.29) is 18.3 Å². The lowest BCUT2D eigenvalue weighted by Gasteiger charge is -2.16. The van der Waals surface area contributed by atoms with E-state index in [0.717, 1.165) is 25.9 Å². The highest BCUT2D eigenvalue weighted by atomic mass is 16.5. The molecule has 0 atom stereocenters. The Morgan fingerprint density at radius 2 is 2.00 bits per heavy atom. The fourth-order valence-electron chi connectivity index (χ4n) is 2.25. The fraction of sp³-hybridized carbons (Fsp3) is 0.467. The molecule has 0 aromatic heterocycles. The first-order chi connectivity index (χ1) is 9.61. The molecule has 1 aromatic rings. The second-order valence-electron chi connectivity index (χ2n) is 4.91. The second-order valence-corrected chi connectivity index (χ2v) is 4.91. The largest absolute Gasteiger partial charge is 0.482 e. The van der Waals surface area contributed by atoms with E-state index in [1.54, 1.807) is 30.0 Å². The molecule has 0 spiro atoms. The number of likely N-dealkylation sites (tertiary alicyclic amines) is 1. The topological polar surface area (TPSA) is 72.6 Å². The van der Waals surface area contributed by atoms with E-state index >= 15 is 0 Å². The van der Waals surface area contributed by atoms with E-state index < -0.39 is 0 Å². The van der Waals surface area contributed by atoms with Gasteiger partial charge < -0.3 is 15.4 Å². The summed E-state index contributed by atoms with van der Waals surface area (Å²) in [5.41, 5.74) is 6.81. The number of nitrogen functional groups attached to an aromatic ring is 1. The van der Waals surface area contributed by atoms with Crippen molar-refractivity contribution in [2.45, 2.75) is 26.2 Å². The molecule has 5 nitrogen and oxygen atoms in total. The van der Waals surface area contributed by atoms with Crippen molar-refractivity contribution < 1.29 is 14.3 Å². The van der Waals surface area contributed by atoms with Gasteiger partial charge in [0.25, 0.3) is 5.91 Å². The first-order valence-corrected chi connectivity index (χ1v) is 6.95. The molecule has 1 heterocycles. The van der Waals surface area contributed by atoms with Crippen molar-refractivity contribution in [1.29, 1.82) is 0 Å². The van der Waals surface area contributed by atoms with Gasteiger partial charge in [-0.05, 0) is 31.0 Å². The predicted octanol–water partition coefficient (Wildman–Crippen LogP) is 1.86. The number of hydrogen-bond acceptors (Lipinski definition) is 4. The summed E-state index contributed by atoms with van der Waals surface area (Å²) >= 11 is 0. The lowest BCUT2D eigenvalue weighted by molar-refractivity contribution is -0.132. The summed E-state index contributed by atoms with van der Waals surface area (Å²) in [5, 5.41) is 0. The quantitative estimate of drug-likeness (QED) is 0.658. The van der Waals surface area contributed by atoms with Gasteiger partial charge in [0.15, 0.2) is 12.4 Å². The highest BCUT2D eigenvalue weighted by Crippen LogP contribution is 2.23. The number of benzene rings is 1. The number of rotatable bonds is 5. The number of nitrogens with two attached hydrogens (primary N) is 1. The van der Waals surface area contributed by atoms with Crippen LogP contribution in [0.2, 0.25) is 0 Å². The van der Waals surface area contributed by atoms with Crippen molar-refractivity contribution in [2.75, 3.05) is 25.4 Å². The van der Waals surface area contributed by atoms with Gasteiger partial charge in [-0.25, -0.2) is 0 Å². The molecule has 0 unspecified atom stereocenters. The maximum atomic E-state index is 11.9. The number of amides is 1. The number of anilines is 1. The molecule has 0 bridgehead atoms. The molecule has 1 aromatic carbocycles. The Kier molecular flexibility index (Phi) is 4.61. The smallest absolute Gasteiger partial charge is 0.260 e. The highest BCUT2D eigenvalue weighted by molar-refractivity contribution is 5.97. The summed E-state index contributed by atoms with van der Waals surface area (Å²) in [6, 6.07) is 4.93. The zero-order valence-corrected chi connectivity index (χ0v) is 11.7. The lowest BCUT2D eigenvalue weighted by Crippen LogP contribution is -2.32. The summed E-state index contributed by atoms with van der Waals surface area (Å²) < 4.78 is 5.45. The van der Waals surface area contributed by atoms with Crippen molar-refractivity contribution in [3.63, 3.8) is 0 Å². The van der Waals surface area contributed by atoms with Crippen LogP contribution in [0.15, 0.2) is 18.2 Å². The van der Waals surface area contributed by atoms with E-state index in [2.05, 4.69) is 0 Å². The number of ether oxygens (including phenoxy) is 1. The second kappa shape index (κ2) is 6.41.